The van der Waals surface area contributed by atoms with Crippen LogP contribution in [0.5, 0.6) is 0 Å². The Bertz CT molecular complexity index is 155. The van der Waals surface area contributed by atoms with Crippen molar-refractivity contribution in [3.63, 3.8) is 0 Å². The minimum atomic E-state index is 0.880. The highest BCUT2D eigenvalue weighted by Gasteiger charge is 1.82. The molecular weight excluding hydrogens is 124 g/mol. The van der Waals surface area contributed by atoms with Crippen molar-refractivity contribution >= 4 is 6.21 Å². The van der Waals surface area contributed by atoms with Crippen LogP contribution >= 0.6 is 0 Å². The Morgan fingerprint density at radius 1 is 1.60 bits per heavy atom. The Balaban J connectivity index is 3.85. The monoisotopic (exact) mass is 138 g/mol. The minimum absolute atomic E-state index is 0.880. The zero-order valence-electron chi connectivity index (χ0n) is 6.54. The fraction of sp³-hybridized carbons (Fsp3) is 0.375. The molecule has 0 saturated carbocycles. The first kappa shape index (κ1) is 8.95. The van der Waals surface area contributed by atoms with Crippen molar-refractivity contribution in [1.29, 1.82) is 0 Å². The van der Waals surface area contributed by atoms with Gasteiger partial charge < -0.3 is 5.73 Å². The Labute approximate surface area is 62.1 Å². The molecule has 0 unspecified atom stereocenters. The van der Waals surface area contributed by atoms with Crippen LogP contribution in [0, 0.1) is 0 Å². The van der Waals surface area contributed by atoms with E-state index < -0.39 is 0 Å². The van der Waals surface area contributed by atoms with Crippen molar-refractivity contribution < 1.29 is 0 Å². The van der Waals surface area contributed by atoms with Crippen LogP contribution in [-0.2, 0) is 0 Å². The summed E-state index contributed by atoms with van der Waals surface area (Å²) in [6.07, 6.45) is 7.94. The molecule has 0 bridgehead atoms. The van der Waals surface area contributed by atoms with Crippen molar-refractivity contribution in [2.75, 3.05) is 0 Å². The van der Waals surface area contributed by atoms with Gasteiger partial charge in [-0.2, -0.15) is 0 Å². The van der Waals surface area contributed by atoms with Gasteiger partial charge in [0.15, 0.2) is 0 Å². The summed E-state index contributed by atoms with van der Waals surface area (Å²) in [5.41, 5.74) is 6.18. The lowest BCUT2D eigenvalue weighted by Crippen LogP contribution is -1.84. The molecule has 0 aliphatic carbocycles. The summed E-state index contributed by atoms with van der Waals surface area (Å²) in [7, 11) is 0. The highest BCUT2D eigenvalue weighted by atomic mass is 14.7. The van der Waals surface area contributed by atoms with Crippen molar-refractivity contribution in [2.45, 2.75) is 20.3 Å². The SMILES string of the molecule is C\C=C/C=N/C(=C\N)CC. The summed E-state index contributed by atoms with van der Waals surface area (Å²) in [6.45, 7) is 3.97. The molecule has 0 rings (SSSR count). The maximum Gasteiger partial charge on any atom is 0.0555 e. The summed E-state index contributed by atoms with van der Waals surface area (Å²) in [6, 6.07) is 0. The molecule has 0 aromatic rings. The third-order valence-electron chi connectivity index (χ3n) is 1.07. The predicted octanol–water partition coefficient (Wildman–Crippen LogP) is 1.84. The van der Waals surface area contributed by atoms with Crippen molar-refractivity contribution in [3.8, 4) is 0 Å². The van der Waals surface area contributed by atoms with E-state index in [1.165, 1.54) is 6.20 Å². The van der Waals surface area contributed by atoms with Gasteiger partial charge in [0.05, 0.1) is 5.70 Å². The molecule has 0 spiro atoms. The number of aliphatic imine (C=N–C) groups is 1. The van der Waals surface area contributed by atoms with Crippen LogP contribution in [0.2, 0.25) is 0 Å². The molecule has 10 heavy (non-hydrogen) atoms. The maximum absolute atomic E-state index is 5.27. The second kappa shape index (κ2) is 6.08. The van der Waals surface area contributed by atoms with Gasteiger partial charge >= 0.3 is 0 Å². The van der Waals surface area contributed by atoms with Gasteiger partial charge in [0.25, 0.3) is 0 Å². The first-order valence-corrected chi connectivity index (χ1v) is 3.41. The van der Waals surface area contributed by atoms with Crippen LogP contribution in [0.4, 0.5) is 0 Å². The smallest absolute Gasteiger partial charge is 0.0555 e. The lowest BCUT2D eigenvalue weighted by molar-refractivity contribution is 1.06. The van der Waals surface area contributed by atoms with Gasteiger partial charge in [0.2, 0.25) is 0 Å². The van der Waals surface area contributed by atoms with Crippen LogP contribution in [0.25, 0.3) is 0 Å². The van der Waals surface area contributed by atoms with E-state index >= 15 is 0 Å². The van der Waals surface area contributed by atoms with E-state index in [-0.39, 0.29) is 0 Å². The molecule has 0 amide bonds. The molecule has 0 heterocycles. The number of hydrogen-bond acceptors (Lipinski definition) is 2. The Kier molecular flexibility index (Phi) is 5.44. The third-order valence-corrected chi connectivity index (χ3v) is 1.07. The van der Waals surface area contributed by atoms with Crippen molar-refractivity contribution in [2.24, 2.45) is 10.7 Å². The lowest BCUT2D eigenvalue weighted by atomic mass is 10.4. The van der Waals surface area contributed by atoms with E-state index in [4.69, 9.17) is 5.73 Å². The molecule has 2 N–H and O–H groups in total. The van der Waals surface area contributed by atoms with Crippen LogP contribution in [0.1, 0.15) is 20.3 Å². The van der Waals surface area contributed by atoms with Crippen LogP contribution in [0.3, 0.4) is 0 Å². The fourth-order valence-electron chi connectivity index (χ4n) is 0.477. The fourth-order valence-corrected chi connectivity index (χ4v) is 0.477. The first-order chi connectivity index (χ1) is 4.85. The van der Waals surface area contributed by atoms with E-state index in [9.17, 15) is 0 Å². The molecule has 0 aromatic carbocycles. The zero-order chi connectivity index (χ0) is 7.82. The summed E-state index contributed by atoms with van der Waals surface area (Å²) in [5.74, 6) is 0. The Hall–Kier alpha value is -1.05. The van der Waals surface area contributed by atoms with E-state index in [2.05, 4.69) is 4.99 Å². The maximum atomic E-state index is 5.27. The zero-order valence-corrected chi connectivity index (χ0v) is 6.54. The lowest BCUT2D eigenvalue weighted by Gasteiger charge is -1.90. The average molecular weight is 138 g/mol. The van der Waals surface area contributed by atoms with Crippen LogP contribution < -0.4 is 5.73 Å². The predicted molar refractivity (Wildman–Crippen MR) is 45.9 cm³/mol. The molecule has 0 aliphatic heterocycles. The molecule has 0 radical (unpaired) electrons. The molecule has 2 nitrogen and oxygen atoms in total. The van der Waals surface area contributed by atoms with E-state index in [0.29, 0.717) is 0 Å². The van der Waals surface area contributed by atoms with Crippen LogP contribution in [-0.4, -0.2) is 6.21 Å². The number of hydrogen-bond donors (Lipinski definition) is 1. The molecular formula is C8H14N2. The highest BCUT2D eigenvalue weighted by Crippen LogP contribution is 1.97. The topological polar surface area (TPSA) is 38.4 Å². The van der Waals surface area contributed by atoms with Gasteiger partial charge in [0.1, 0.15) is 0 Å². The highest BCUT2D eigenvalue weighted by molar-refractivity contribution is 5.71. The number of allylic oxidation sites excluding steroid dienone is 3. The summed E-state index contributed by atoms with van der Waals surface area (Å²) < 4.78 is 0. The molecule has 0 fully saturated rings. The van der Waals surface area contributed by atoms with E-state index in [1.807, 2.05) is 26.0 Å². The third kappa shape index (κ3) is 3.89. The summed E-state index contributed by atoms with van der Waals surface area (Å²) >= 11 is 0. The number of nitrogens with two attached hydrogens (primary N) is 1. The first-order valence-electron chi connectivity index (χ1n) is 3.41. The minimum Gasteiger partial charge on any atom is -0.403 e. The van der Waals surface area contributed by atoms with Gasteiger partial charge in [0, 0.05) is 12.4 Å². The van der Waals surface area contributed by atoms with Crippen molar-refractivity contribution in [1.82, 2.24) is 0 Å². The molecule has 0 atom stereocenters. The largest absolute Gasteiger partial charge is 0.403 e. The second-order valence-electron chi connectivity index (χ2n) is 1.82. The standard InChI is InChI=1S/C8H14N2/c1-3-5-6-10-8(4-2)7-9/h3,5-7H,4,9H2,1-2H3/b5-3-,8-7-,10-6+. The van der Waals surface area contributed by atoms with Gasteiger partial charge in [-0.25, -0.2) is 0 Å². The summed E-state index contributed by atoms with van der Waals surface area (Å²) in [4.78, 5) is 4.07. The number of nitrogens with zero attached hydrogens (tertiary/aromatic N) is 1. The quantitative estimate of drug-likeness (QED) is 0.594. The summed E-state index contributed by atoms with van der Waals surface area (Å²) in [5, 5.41) is 0. The second-order valence-corrected chi connectivity index (χ2v) is 1.82. The molecule has 2 heteroatoms. The molecule has 0 aliphatic rings. The Morgan fingerprint density at radius 3 is 2.70 bits per heavy atom. The normalized spacial score (nSPS) is 13.6. The van der Waals surface area contributed by atoms with Gasteiger partial charge in [-0.15, -0.1) is 0 Å². The van der Waals surface area contributed by atoms with Gasteiger partial charge in [-0.3, -0.25) is 4.99 Å². The van der Waals surface area contributed by atoms with Crippen LogP contribution in [0.15, 0.2) is 29.0 Å². The number of rotatable bonds is 3. The molecule has 56 valence electrons. The molecule has 0 aromatic heterocycles. The molecule has 0 saturated heterocycles. The van der Waals surface area contributed by atoms with E-state index in [1.54, 1.807) is 6.21 Å². The van der Waals surface area contributed by atoms with Crippen molar-refractivity contribution in [3.05, 3.63) is 24.0 Å². The Morgan fingerprint density at radius 2 is 2.30 bits per heavy atom. The van der Waals surface area contributed by atoms with E-state index in [0.717, 1.165) is 12.1 Å². The van der Waals surface area contributed by atoms with Gasteiger partial charge in [-0.1, -0.05) is 13.0 Å². The van der Waals surface area contributed by atoms with Gasteiger partial charge in [-0.05, 0) is 19.4 Å². The average Bonchev–Trinajstić information content (AvgIpc) is 1.99.